The predicted octanol–water partition coefficient (Wildman–Crippen LogP) is 1.53. The molecular formula is C9H8F2N2O. The third kappa shape index (κ3) is 1.80. The topological polar surface area (TPSA) is 70.0 Å². The SMILES string of the molecule is N#Cc1cccc([C@@H](N)C(F)F)c1O. The van der Waals surface area contributed by atoms with Crippen LogP contribution in [-0.2, 0) is 0 Å². The Kier molecular flexibility index (Phi) is 2.99. The number of rotatable bonds is 2. The van der Waals surface area contributed by atoms with Crippen LogP contribution in [0.2, 0.25) is 0 Å². The van der Waals surface area contributed by atoms with Crippen LogP contribution in [0.25, 0.3) is 0 Å². The first-order chi connectivity index (χ1) is 6.57. The molecule has 14 heavy (non-hydrogen) atoms. The Bertz CT molecular complexity index is 374. The number of nitrogens with zero attached hydrogens (tertiary/aromatic N) is 1. The molecule has 1 aromatic carbocycles. The Labute approximate surface area is 79.4 Å². The van der Waals surface area contributed by atoms with E-state index < -0.39 is 18.2 Å². The van der Waals surface area contributed by atoms with Gasteiger partial charge in [-0.2, -0.15) is 5.26 Å². The second-order valence-electron chi connectivity index (χ2n) is 2.72. The van der Waals surface area contributed by atoms with Crippen LogP contribution in [0.3, 0.4) is 0 Å². The minimum absolute atomic E-state index is 0.0569. The molecule has 0 saturated carbocycles. The van der Waals surface area contributed by atoms with Gasteiger partial charge < -0.3 is 10.8 Å². The standard InChI is InChI=1S/C9H8F2N2O/c10-9(11)7(13)6-3-1-2-5(4-12)8(6)14/h1-3,7,9,14H,13H2/t7-/m1/s1. The van der Waals surface area contributed by atoms with Gasteiger partial charge in [-0.05, 0) is 6.07 Å². The van der Waals surface area contributed by atoms with Crippen molar-refractivity contribution in [3.63, 3.8) is 0 Å². The molecule has 1 rings (SSSR count). The third-order valence-corrected chi connectivity index (χ3v) is 1.82. The summed E-state index contributed by atoms with van der Waals surface area (Å²) in [4.78, 5) is 0. The molecule has 0 heterocycles. The van der Waals surface area contributed by atoms with E-state index in [2.05, 4.69) is 0 Å². The minimum atomic E-state index is -2.77. The van der Waals surface area contributed by atoms with E-state index in [-0.39, 0.29) is 11.1 Å². The van der Waals surface area contributed by atoms with Crippen molar-refractivity contribution in [3.05, 3.63) is 29.3 Å². The first-order valence-corrected chi connectivity index (χ1v) is 3.83. The highest BCUT2D eigenvalue weighted by molar-refractivity contribution is 5.48. The number of phenols is 1. The van der Waals surface area contributed by atoms with Gasteiger partial charge in [-0.1, -0.05) is 12.1 Å². The van der Waals surface area contributed by atoms with Crippen LogP contribution in [0, 0.1) is 11.3 Å². The predicted molar refractivity (Wildman–Crippen MR) is 45.8 cm³/mol. The van der Waals surface area contributed by atoms with E-state index >= 15 is 0 Å². The van der Waals surface area contributed by atoms with Gasteiger partial charge in [-0.15, -0.1) is 0 Å². The van der Waals surface area contributed by atoms with Gasteiger partial charge in [0.15, 0.2) is 0 Å². The molecule has 0 spiro atoms. The molecule has 0 aliphatic rings. The van der Waals surface area contributed by atoms with E-state index in [1.807, 2.05) is 0 Å². The zero-order valence-electron chi connectivity index (χ0n) is 7.11. The van der Waals surface area contributed by atoms with Gasteiger partial charge in [0.1, 0.15) is 11.8 Å². The largest absolute Gasteiger partial charge is 0.506 e. The number of nitriles is 1. The number of hydrogen-bond donors (Lipinski definition) is 2. The molecular weight excluding hydrogens is 190 g/mol. The van der Waals surface area contributed by atoms with Gasteiger partial charge in [0.25, 0.3) is 6.43 Å². The normalized spacial score (nSPS) is 12.5. The van der Waals surface area contributed by atoms with Crippen LogP contribution in [0.4, 0.5) is 8.78 Å². The van der Waals surface area contributed by atoms with Gasteiger partial charge in [0.05, 0.1) is 11.6 Å². The van der Waals surface area contributed by atoms with E-state index in [4.69, 9.17) is 11.0 Å². The van der Waals surface area contributed by atoms with Crippen molar-refractivity contribution in [3.8, 4) is 11.8 Å². The molecule has 0 aromatic heterocycles. The van der Waals surface area contributed by atoms with Crippen LogP contribution in [0.1, 0.15) is 17.2 Å². The number of alkyl halides is 2. The summed E-state index contributed by atoms with van der Waals surface area (Å²) in [7, 11) is 0. The Morgan fingerprint density at radius 2 is 2.07 bits per heavy atom. The highest BCUT2D eigenvalue weighted by atomic mass is 19.3. The van der Waals surface area contributed by atoms with E-state index in [1.54, 1.807) is 6.07 Å². The quantitative estimate of drug-likeness (QED) is 0.757. The number of halogens is 2. The fourth-order valence-electron chi connectivity index (χ4n) is 1.06. The average molecular weight is 198 g/mol. The van der Waals surface area contributed by atoms with Crippen molar-refractivity contribution < 1.29 is 13.9 Å². The third-order valence-electron chi connectivity index (χ3n) is 1.82. The summed E-state index contributed by atoms with van der Waals surface area (Å²) in [5.74, 6) is -0.470. The van der Waals surface area contributed by atoms with Crippen LogP contribution in [0.5, 0.6) is 5.75 Å². The lowest BCUT2D eigenvalue weighted by Gasteiger charge is -2.12. The number of hydrogen-bond acceptors (Lipinski definition) is 3. The zero-order chi connectivity index (χ0) is 10.7. The van der Waals surface area contributed by atoms with Crippen molar-refractivity contribution in [2.24, 2.45) is 5.73 Å². The highest BCUT2D eigenvalue weighted by Gasteiger charge is 2.21. The molecule has 3 nitrogen and oxygen atoms in total. The molecule has 0 amide bonds. The summed E-state index contributed by atoms with van der Waals surface area (Å²) >= 11 is 0. The number of phenolic OH excluding ortho intramolecular Hbond substituents is 1. The number of benzene rings is 1. The molecule has 74 valence electrons. The summed E-state index contributed by atoms with van der Waals surface area (Å²) < 4.78 is 24.4. The number of para-hydroxylation sites is 1. The van der Waals surface area contributed by atoms with E-state index in [1.165, 1.54) is 18.2 Å². The molecule has 0 unspecified atom stereocenters. The monoisotopic (exact) mass is 198 g/mol. The highest BCUT2D eigenvalue weighted by Crippen LogP contribution is 2.29. The van der Waals surface area contributed by atoms with Crippen molar-refractivity contribution in [1.29, 1.82) is 5.26 Å². The fourth-order valence-corrected chi connectivity index (χ4v) is 1.06. The Morgan fingerprint density at radius 3 is 2.57 bits per heavy atom. The molecule has 1 aromatic rings. The van der Waals surface area contributed by atoms with E-state index in [9.17, 15) is 13.9 Å². The molecule has 5 heteroatoms. The van der Waals surface area contributed by atoms with E-state index in [0.717, 1.165) is 0 Å². The molecule has 0 aliphatic heterocycles. The van der Waals surface area contributed by atoms with Crippen LogP contribution < -0.4 is 5.73 Å². The molecule has 0 saturated heterocycles. The summed E-state index contributed by atoms with van der Waals surface area (Å²) in [5, 5.41) is 17.9. The molecule has 0 aliphatic carbocycles. The second-order valence-corrected chi connectivity index (χ2v) is 2.72. The lowest BCUT2D eigenvalue weighted by Crippen LogP contribution is -2.19. The summed E-state index contributed by atoms with van der Waals surface area (Å²) in [6, 6.07) is 4.11. The van der Waals surface area contributed by atoms with Gasteiger partial charge >= 0.3 is 0 Å². The van der Waals surface area contributed by atoms with Crippen LogP contribution in [-0.4, -0.2) is 11.5 Å². The lowest BCUT2D eigenvalue weighted by molar-refractivity contribution is 0.115. The average Bonchev–Trinajstić information content (AvgIpc) is 2.17. The Hall–Kier alpha value is -1.67. The van der Waals surface area contributed by atoms with Gasteiger partial charge in [0, 0.05) is 5.56 Å². The molecule has 3 N–H and O–H groups in total. The van der Waals surface area contributed by atoms with Crippen molar-refractivity contribution in [2.45, 2.75) is 12.5 Å². The number of aromatic hydroxyl groups is 1. The Morgan fingerprint density at radius 1 is 1.43 bits per heavy atom. The van der Waals surface area contributed by atoms with Gasteiger partial charge in [-0.3, -0.25) is 0 Å². The second kappa shape index (κ2) is 4.03. The molecule has 0 bridgehead atoms. The summed E-state index contributed by atoms with van der Waals surface area (Å²) in [6.07, 6.45) is -2.77. The fraction of sp³-hybridized carbons (Fsp3) is 0.222. The molecule has 0 radical (unpaired) electrons. The van der Waals surface area contributed by atoms with Crippen LogP contribution >= 0.6 is 0 Å². The maximum absolute atomic E-state index is 12.2. The Balaban J connectivity index is 3.17. The zero-order valence-corrected chi connectivity index (χ0v) is 7.11. The summed E-state index contributed by atoms with van der Waals surface area (Å²) in [5.41, 5.74) is 4.97. The van der Waals surface area contributed by atoms with E-state index in [0.29, 0.717) is 0 Å². The number of nitrogens with two attached hydrogens (primary N) is 1. The van der Waals surface area contributed by atoms with Gasteiger partial charge in [0.2, 0.25) is 0 Å². The van der Waals surface area contributed by atoms with Gasteiger partial charge in [-0.25, -0.2) is 8.78 Å². The van der Waals surface area contributed by atoms with Crippen molar-refractivity contribution in [2.75, 3.05) is 0 Å². The van der Waals surface area contributed by atoms with Crippen molar-refractivity contribution in [1.82, 2.24) is 0 Å². The lowest BCUT2D eigenvalue weighted by atomic mass is 10.0. The smallest absolute Gasteiger partial charge is 0.257 e. The summed E-state index contributed by atoms with van der Waals surface area (Å²) in [6.45, 7) is 0. The first-order valence-electron chi connectivity index (χ1n) is 3.83. The first kappa shape index (κ1) is 10.4. The molecule has 1 atom stereocenters. The maximum Gasteiger partial charge on any atom is 0.257 e. The van der Waals surface area contributed by atoms with Crippen LogP contribution in [0.15, 0.2) is 18.2 Å². The minimum Gasteiger partial charge on any atom is -0.506 e. The maximum atomic E-state index is 12.2. The molecule has 0 fully saturated rings. The van der Waals surface area contributed by atoms with Crippen molar-refractivity contribution >= 4 is 0 Å².